The minimum absolute atomic E-state index is 0.0501. The maximum Gasteiger partial charge on any atom is 0.272 e. The molecule has 30 heavy (non-hydrogen) atoms. The molecule has 2 saturated heterocycles. The Morgan fingerprint density at radius 3 is 2.67 bits per heavy atom. The molecule has 7 nitrogen and oxygen atoms in total. The first-order chi connectivity index (χ1) is 14.6. The van der Waals surface area contributed by atoms with Crippen molar-refractivity contribution in [3.05, 3.63) is 36.0 Å². The van der Waals surface area contributed by atoms with Gasteiger partial charge in [-0.2, -0.15) is 0 Å². The molecule has 0 radical (unpaired) electrons. The summed E-state index contributed by atoms with van der Waals surface area (Å²) >= 11 is 0. The molecule has 2 aliphatic heterocycles. The highest BCUT2D eigenvalue weighted by atomic mass is 16.5. The number of ether oxygens (including phenoxy) is 2. The molecule has 1 aromatic heterocycles. The van der Waals surface area contributed by atoms with E-state index in [0.717, 1.165) is 56.6 Å². The van der Waals surface area contributed by atoms with Gasteiger partial charge in [-0.3, -0.25) is 9.69 Å². The average molecular weight is 412 g/mol. The Morgan fingerprint density at radius 2 is 1.90 bits per heavy atom. The molecule has 0 unspecified atom stereocenters. The Kier molecular flexibility index (Phi) is 5.35. The summed E-state index contributed by atoms with van der Waals surface area (Å²) < 4.78 is 11.0. The number of methoxy groups -OCH3 is 1. The number of aliphatic hydroxyl groups is 1. The van der Waals surface area contributed by atoms with E-state index in [4.69, 9.17) is 9.47 Å². The van der Waals surface area contributed by atoms with Gasteiger partial charge in [0.05, 0.1) is 31.9 Å². The van der Waals surface area contributed by atoms with Gasteiger partial charge in [0.2, 0.25) is 0 Å². The van der Waals surface area contributed by atoms with E-state index in [1.54, 1.807) is 13.2 Å². The molecule has 5 rings (SSSR count). The normalized spacial score (nSPS) is 29.7. The molecular formula is C23H29N3O4. The third kappa shape index (κ3) is 3.55. The van der Waals surface area contributed by atoms with Crippen LogP contribution in [0.1, 0.15) is 23.3 Å². The van der Waals surface area contributed by atoms with E-state index in [9.17, 15) is 9.90 Å². The molecule has 2 aromatic rings. The molecule has 1 aromatic carbocycles. The van der Waals surface area contributed by atoms with Crippen molar-refractivity contribution in [1.29, 1.82) is 0 Å². The van der Waals surface area contributed by atoms with Crippen LogP contribution in [0.5, 0.6) is 5.75 Å². The van der Waals surface area contributed by atoms with Crippen LogP contribution < -0.4 is 4.74 Å². The van der Waals surface area contributed by atoms with Crippen LogP contribution in [0.2, 0.25) is 0 Å². The van der Waals surface area contributed by atoms with Crippen LogP contribution in [-0.4, -0.2) is 84.4 Å². The largest absolute Gasteiger partial charge is 0.496 e. The smallest absolute Gasteiger partial charge is 0.272 e. The molecule has 3 fully saturated rings. The number of nitrogens with zero attached hydrogens (tertiary/aromatic N) is 3. The van der Waals surface area contributed by atoms with Gasteiger partial charge in [0.15, 0.2) is 0 Å². The first-order valence-electron chi connectivity index (χ1n) is 10.9. The van der Waals surface area contributed by atoms with Crippen molar-refractivity contribution in [2.45, 2.75) is 25.0 Å². The van der Waals surface area contributed by atoms with E-state index >= 15 is 0 Å². The van der Waals surface area contributed by atoms with Gasteiger partial charge in [-0.15, -0.1) is 0 Å². The predicted molar refractivity (Wildman–Crippen MR) is 113 cm³/mol. The van der Waals surface area contributed by atoms with Crippen LogP contribution in [0.25, 0.3) is 10.9 Å². The number of aromatic nitrogens is 1. The number of benzene rings is 1. The zero-order valence-corrected chi connectivity index (χ0v) is 17.4. The lowest BCUT2D eigenvalue weighted by Gasteiger charge is -2.43. The second-order valence-corrected chi connectivity index (χ2v) is 8.71. The van der Waals surface area contributed by atoms with Crippen LogP contribution in [-0.2, 0) is 4.74 Å². The number of pyridine rings is 1. The Balaban J connectivity index is 1.33. The maximum absolute atomic E-state index is 13.3. The molecule has 0 bridgehead atoms. The third-order valence-corrected chi connectivity index (χ3v) is 7.03. The van der Waals surface area contributed by atoms with Crippen molar-refractivity contribution in [2.24, 2.45) is 11.8 Å². The highest BCUT2D eigenvalue weighted by molar-refractivity contribution is 5.97. The number of rotatable bonds is 3. The van der Waals surface area contributed by atoms with Gasteiger partial charge in [0.1, 0.15) is 11.4 Å². The molecule has 0 spiro atoms. The zero-order chi connectivity index (χ0) is 20.7. The zero-order valence-electron chi connectivity index (χ0n) is 17.4. The van der Waals surface area contributed by atoms with Gasteiger partial charge < -0.3 is 19.5 Å². The molecule has 3 aliphatic rings. The summed E-state index contributed by atoms with van der Waals surface area (Å²) in [6.07, 6.45) is 1.35. The van der Waals surface area contributed by atoms with Crippen molar-refractivity contribution in [1.82, 2.24) is 14.8 Å². The lowest BCUT2D eigenvalue weighted by Crippen LogP contribution is -2.53. The quantitative estimate of drug-likeness (QED) is 0.830. The lowest BCUT2D eigenvalue weighted by molar-refractivity contribution is -0.0520. The number of amides is 1. The molecule has 1 aliphatic carbocycles. The predicted octanol–water partition coefficient (Wildman–Crippen LogP) is 1.79. The Hall–Kier alpha value is -2.22. The van der Waals surface area contributed by atoms with E-state index in [1.165, 1.54) is 0 Å². The van der Waals surface area contributed by atoms with Gasteiger partial charge in [-0.25, -0.2) is 4.98 Å². The number of morpholine rings is 1. The first kappa shape index (κ1) is 19.7. The molecule has 160 valence electrons. The minimum atomic E-state index is -0.335. The van der Waals surface area contributed by atoms with Crippen LogP contribution in [0.3, 0.4) is 0 Å². The number of hydrogen-bond donors (Lipinski definition) is 1. The van der Waals surface area contributed by atoms with Crippen molar-refractivity contribution < 1.29 is 19.4 Å². The topological polar surface area (TPSA) is 75.1 Å². The van der Waals surface area contributed by atoms with Crippen molar-refractivity contribution in [3.63, 3.8) is 0 Å². The summed E-state index contributed by atoms with van der Waals surface area (Å²) in [5.74, 6) is 1.39. The highest BCUT2D eigenvalue weighted by Crippen LogP contribution is 2.39. The van der Waals surface area contributed by atoms with E-state index < -0.39 is 0 Å². The third-order valence-electron chi connectivity index (χ3n) is 7.03. The second-order valence-electron chi connectivity index (χ2n) is 8.71. The fourth-order valence-corrected chi connectivity index (χ4v) is 5.46. The SMILES string of the molecule is COc1cc(C(=O)N2C[C@H]3C[C@@H](N4CCOCC4)[C@H](O)C[C@H]3C2)nc2ccccc12. The summed E-state index contributed by atoms with van der Waals surface area (Å²) in [4.78, 5) is 22.2. The summed E-state index contributed by atoms with van der Waals surface area (Å²) in [5.41, 5.74) is 1.19. The molecule has 1 N–H and O–H groups in total. The van der Waals surface area contributed by atoms with Crippen LogP contribution in [0.4, 0.5) is 0 Å². The van der Waals surface area contributed by atoms with Crippen LogP contribution in [0.15, 0.2) is 30.3 Å². The Bertz CT molecular complexity index is 930. The van der Waals surface area contributed by atoms with E-state index in [1.807, 2.05) is 29.2 Å². The van der Waals surface area contributed by atoms with Crippen molar-refractivity contribution in [3.8, 4) is 5.75 Å². The molecule has 3 heterocycles. The number of hydrogen-bond acceptors (Lipinski definition) is 6. The molecular weight excluding hydrogens is 382 g/mol. The number of carbonyl (C=O) groups excluding carboxylic acids is 1. The average Bonchev–Trinajstić information content (AvgIpc) is 3.20. The number of para-hydroxylation sites is 1. The summed E-state index contributed by atoms with van der Waals surface area (Å²) in [5, 5.41) is 11.7. The number of carbonyl (C=O) groups is 1. The number of fused-ring (bicyclic) bond motifs is 2. The van der Waals surface area contributed by atoms with E-state index in [2.05, 4.69) is 9.88 Å². The Labute approximate surface area is 176 Å². The van der Waals surface area contributed by atoms with Crippen molar-refractivity contribution in [2.75, 3.05) is 46.5 Å². The molecule has 1 amide bonds. The monoisotopic (exact) mass is 411 g/mol. The molecule has 1 saturated carbocycles. The van der Waals surface area contributed by atoms with Gasteiger partial charge in [0.25, 0.3) is 5.91 Å². The minimum Gasteiger partial charge on any atom is -0.496 e. The van der Waals surface area contributed by atoms with Gasteiger partial charge >= 0.3 is 0 Å². The van der Waals surface area contributed by atoms with Crippen LogP contribution >= 0.6 is 0 Å². The lowest BCUT2D eigenvalue weighted by atomic mass is 9.77. The molecule has 4 atom stereocenters. The summed E-state index contributed by atoms with van der Waals surface area (Å²) in [6.45, 7) is 4.64. The van der Waals surface area contributed by atoms with Gasteiger partial charge in [-0.1, -0.05) is 12.1 Å². The summed E-state index contributed by atoms with van der Waals surface area (Å²) in [6, 6.07) is 9.63. The van der Waals surface area contributed by atoms with E-state index in [-0.39, 0.29) is 18.1 Å². The highest BCUT2D eigenvalue weighted by Gasteiger charge is 2.45. The Morgan fingerprint density at radius 1 is 1.17 bits per heavy atom. The number of likely N-dealkylation sites (tertiary alicyclic amines) is 1. The van der Waals surface area contributed by atoms with Crippen molar-refractivity contribution >= 4 is 16.8 Å². The fraction of sp³-hybridized carbons (Fsp3) is 0.565. The standard InChI is InChI=1S/C23H29N3O4/c1-29-22-12-19(24-18-5-3-2-4-17(18)22)23(28)26-13-15-10-20(21(27)11-16(15)14-26)25-6-8-30-9-7-25/h2-5,12,15-16,20-21,27H,6-11,13-14H2,1H3/t15-,16+,20-,21-/m1/s1. The second kappa shape index (κ2) is 8.13. The number of aliphatic hydroxyl groups excluding tert-OH is 1. The fourth-order valence-electron chi connectivity index (χ4n) is 5.46. The van der Waals surface area contributed by atoms with E-state index in [0.29, 0.717) is 29.8 Å². The summed E-state index contributed by atoms with van der Waals surface area (Å²) in [7, 11) is 1.62. The first-order valence-corrected chi connectivity index (χ1v) is 10.9. The maximum atomic E-state index is 13.3. The molecule has 7 heteroatoms. The van der Waals surface area contributed by atoms with Gasteiger partial charge in [-0.05, 0) is 36.8 Å². The van der Waals surface area contributed by atoms with Crippen LogP contribution in [0, 0.1) is 11.8 Å². The van der Waals surface area contributed by atoms with Gasteiger partial charge in [0, 0.05) is 43.7 Å².